The standard InChI is InChI=1S/C14H22N2O3S/c1-4-5-6-7-16-14(17)12-8-10(2)11(3)13(9-12)20(15,18)19/h8-9H,4-7H2,1-3H3,(H,16,17)(H2,15,18,19). The number of nitrogens with two attached hydrogens (primary N) is 1. The highest BCUT2D eigenvalue weighted by molar-refractivity contribution is 7.89. The number of carbonyl (C=O) groups is 1. The Morgan fingerprint density at radius 1 is 1.25 bits per heavy atom. The van der Waals surface area contributed by atoms with E-state index < -0.39 is 10.0 Å². The zero-order valence-electron chi connectivity index (χ0n) is 12.2. The van der Waals surface area contributed by atoms with Crippen molar-refractivity contribution in [1.82, 2.24) is 5.32 Å². The lowest BCUT2D eigenvalue weighted by atomic mass is 10.1. The fourth-order valence-corrected chi connectivity index (χ4v) is 2.81. The SMILES string of the molecule is CCCCCNC(=O)c1cc(C)c(C)c(S(N)(=O)=O)c1. The van der Waals surface area contributed by atoms with Crippen LogP contribution in [-0.4, -0.2) is 20.9 Å². The first-order valence-corrected chi connectivity index (χ1v) is 8.24. The zero-order chi connectivity index (χ0) is 15.3. The lowest BCUT2D eigenvalue weighted by Gasteiger charge is -2.11. The van der Waals surface area contributed by atoms with Crippen molar-refractivity contribution in [3.8, 4) is 0 Å². The molecular formula is C14H22N2O3S. The summed E-state index contributed by atoms with van der Waals surface area (Å²) in [4.78, 5) is 12.0. The number of rotatable bonds is 6. The van der Waals surface area contributed by atoms with Crippen LogP contribution < -0.4 is 10.5 Å². The first kappa shape index (κ1) is 16.7. The summed E-state index contributed by atoms with van der Waals surface area (Å²) < 4.78 is 23.1. The van der Waals surface area contributed by atoms with Gasteiger partial charge in [0.1, 0.15) is 0 Å². The molecular weight excluding hydrogens is 276 g/mol. The van der Waals surface area contributed by atoms with E-state index in [1.807, 2.05) is 0 Å². The summed E-state index contributed by atoms with van der Waals surface area (Å²) in [5.41, 5.74) is 1.64. The third-order valence-corrected chi connectivity index (χ3v) is 4.29. The molecule has 0 aliphatic heterocycles. The molecule has 0 aliphatic carbocycles. The summed E-state index contributed by atoms with van der Waals surface area (Å²) >= 11 is 0. The van der Waals surface area contributed by atoms with E-state index in [2.05, 4.69) is 12.2 Å². The van der Waals surface area contributed by atoms with Gasteiger partial charge in [-0.1, -0.05) is 19.8 Å². The third-order valence-electron chi connectivity index (χ3n) is 3.25. The molecule has 6 heteroatoms. The lowest BCUT2D eigenvalue weighted by Crippen LogP contribution is -2.25. The average Bonchev–Trinajstić information content (AvgIpc) is 2.36. The Morgan fingerprint density at radius 3 is 2.45 bits per heavy atom. The van der Waals surface area contributed by atoms with E-state index in [9.17, 15) is 13.2 Å². The molecule has 20 heavy (non-hydrogen) atoms. The summed E-state index contributed by atoms with van der Waals surface area (Å²) in [5, 5.41) is 7.96. The summed E-state index contributed by atoms with van der Waals surface area (Å²) in [7, 11) is -3.82. The monoisotopic (exact) mass is 298 g/mol. The molecule has 0 aromatic heterocycles. The molecule has 0 unspecified atom stereocenters. The molecule has 0 heterocycles. The predicted molar refractivity (Wildman–Crippen MR) is 79.1 cm³/mol. The van der Waals surface area contributed by atoms with Crippen LogP contribution in [0.2, 0.25) is 0 Å². The predicted octanol–water partition coefficient (Wildman–Crippen LogP) is 1.87. The van der Waals surface area contributed by atoms with Crippen molar-refractivity contribution in [2.45, 2.75) is 44.9 Å². The molecule has 0 spiro atoms. The molecule has 0 bridgehead atoms. The Morgan fingerprint density at radius 2 is 1.90 bits per heavy atom. The zero-order valence-corrected chi connectivity index (χ0v) is 13.0. The molecule has 5 nitrogen and oxygen atoms in total. The molecule has 3 N–H and O–H groups in total. The molecule has 0 saturated heterocycles. The van der Waals surface area contributed by atoms with Gasteiger partial charge in [0.25, 0.3) is 5.91 Å². The van der Waals surface area contributed by atoms with Crippen LogP contribution in [0.4, 0.5) is 0 Å². The molecule has 0 fully saturated rings. The van der Waals surface area contributed by atoms with Crippen LogP contribution in [0.25, 0.3) is 0 Å². The van der Waals surface area contributed by atoms with Crippen molar-refractivity contribution >= 4 is 15.9 Å². The summed E-state index contributed by atoms with van der Waals surface area (Å²) in [5.74, 6) is -0.269. The van der Waals surface area contributed by atoms with Crippen LogP contribution in [-0.2, 0) is 10.0 Å². The van der Waals surface area contributed by atoms with Crippen molar-refractivity contribution in [1.29, 1.82) is 0 Å². The maximum atomic E-state index is 12.0. The van der Waals surface area contributed by atoms with Crippen LogP contribution in [0, 0.1) is 13.8 Å². The van der Waals surface area contributed by atoms with Gasteiger partial charge in [-0.3, -0.25) is 4.79 Å². The number of sulfonamides is 1. The maximum Gasteiger partial charge on any atom is 0.251 e. The van der Waals surface area contributed by atoms with Crippen molar-refractivity contribution in [3.63, 3.8) is 0 Å². The smallest absolute Gasteiger partial charge is 0.251 e. The summed E-state index contributed by atoms with van der Waals surface area (Å²) in [6.07, 6.45) is 3.04. The Hall–Kier alpha value is -1.40. The molecule has 0 radical (unpaired) electrons. The van der Waals surface area contributed by atoms with E-state index in [0.29, 0.717) is 17.7 Å². The molecule has 1 rings (SSSR count). The average molecular weight is 298 g/mol. The van der Waals surface area contributed by atoms with Crippen molar-refractivity contribution in [2.24, 2.45) is 5.14 Å². The van der Waals surface area contributed by atoms with E-state index >= 15 is 0 Å². The van der Waals surface area contributed by atoms with Crippen molar-refractivity contribution in [3.05, 3.63) is 28.8 Å². The second kappa shape index (κ2) is 6.85. The third kappa shape index (κ3) is 4.31. The van der Waals surface area contributed by atoms with Gasteiger partial charge in [-0.25, -0.2) is 13.6 Å². The molecule has 0 aliphatic rings. The Labute approximate surface area is 120 Å². The topological polar surface area (TPSA) is 89.3 Å². The number of aryl methyl sites for hydroxylation is 1. The fourth-order valence-electron chi connectivity index (χ4n) is 1.93. The first-order chi connectivity index (χ1) is 9.27. The van der Waals surface area contributed by atoms with Crippen molar-refractivity contribution < 1.29 is 13.2 Å². The van der Waals surface area contributed by atoms with Crippen LogP contribution in [0.15, 0.2) is 17.0 Å². The Bertz CT molecular complexity index is 595. The van der Waals surface area contributed by atoms with Gasteiger partial charge in [0, 0.05) is 12.1 Å². The van der Waals surface area contributed by atoms with Gasteiger partial charge in [-0.05, 0) is 43.5 Å². The largest absolute Gasteiger partial charge is 0.352 e. The molecule has 1 aromatic rings. The van der Waals surface area contributed by atoms with Gasteiger partial charge in [0.15, 0.2) is 0 Å². The first-order valence-electron chi connectivity index (χ1n) is 6.69. The number of amides is 1. The van der Waals surface area contributed by atoms with Gasteiger partial charge in [0.2, 0.25) is 10.0 Å². The summed E-state index contributed by atoms with van der Waals surface area (Å²) in [6, 6.07) is 3.02. The maximum absolute atomic E-state index is 12.0. The van der Waals surface area contributed by atoms with Crippen LogP contribution in [0.3, 0.4) is 0 Å². The minimum absolute atomic E-state index is 0.0104. The quantitative estimate of drug-likeness (QED) is 0.786. The second-order valence-corrected chi connectivity index (χ2v) is 6.45. The molecule has 1 aromatic carbocycles. The van der Waals surface area contributed by atoms with Gasteiger partial charge in [0.05, 0.1) is 4.90 Å². The molecule has 0 saturated carbocycles. The number of carbonyl (C=O) groups excluding carboxylic acids is 1. The number of primary sulfonamides is 1. The Kier molecular flexibility index (Phi) is 5.71. The van der Waals surface area contributed by atoms with Crippen LogP contribution >= 0.6 is 0 Å². The number of benzene rings is 1. The Balaban J connectivity index is 2.97. The van der Waals surface area contributed by atoms with E-state index in [1.165, 1.54) is 6.07 Å². The van der Waals surface area contributed by atoms with Gasteiger partial charge in [-0.2, -0.15) is 0 Å². The minimum Gasteiger partial charge on any atom is -0.352 e. The number of nitrogens with one attached hydrogen (secondary N) is 1. The second-order valence-electron chi connectivity index (χ2n) is 4.92. The highest BCUT2D eigenvalue weighted by atomic mass is 32.2. The van der Waals surface area contributed by atoms with Crippen molar-refractivity contribution in [2.75, 3.05) is 6.54 Å². The fraction of sp³-hybridized carbons (Fsp3) is 0.500. The van der Waals surface area contributed by atoms with E-state index in [1.54, 1.807) is 19.9 Å². The number of hydrogen-bond acceptors (Lipinski definition) is 3. The highest BCUT2D eigenvalue weighted by Crippen LogP contribution is 2.20. The minimum atomic E-state index is -3.82. The normalized spacial score (nSPS) is 11.4. The summed E-state index contributed by atoms with van der Waals surface area (Å²) in [6.45, 7) is 6.11. The lowest BCUT2D eigenvalue weighted by molar-refractivity contribution is 0.0952. The van der Waals surface area contributed by atoms with E-state index in [4.69, 9.17) is 5.14 Å². The van der Waals surface area contributed by atoms with E-state index in [0.717, 1.165) is 24.8 Å². The van der Waals surface area contributed by atoms with E-state index in [-0.39, 0.29) is 10.8 Å². The van der Waals surface area contributed by atoms with Crippen LogP contribution in [0.5, 0.6) is 0 Å². The molecule has 0 atom stereocenters. The molecule has 1 amide bonds. The van der Waals surface area contributed by atoms with Gasteiger partial charge < -0.3 is 5.32 Å². The van der Waals surface area contributed by atoms with Gasteiger partial charge in [-0.15, -0.1) is 0 Å². The van der Waals surface area contributed by atoms with Crippen LogP contribution in [0.1, 0.15) is 47.7 Å². The number of hydrogen-bond donors (Lipinski definition) is 2. The molecule has 112 valence electrons. The number of unbranched alkanes of at least 4 members (excludes halogenated alkanes) is 2. The van der Waals surface area contributed by atoms with Gasteiger partial charge >= 0.3 is 0 Å². The highest BCUT2D eigenvalue weighted by Gasteiger charge is 2.17.